The molecule has 0 atom stereocenters. The highest BCUT2D eigenvalue weighted by atomic mass is 32.1. The van der Waals surface area contributed by atoms with Crippen molar-refractivity contribution in [3.05, 3.63) is 32.2 Å². The van der Waals surface area contributed by atoms with Crippen LogP contribution >= 0.6 is 11.3 Å². The molecule has 2 aromatic rings. The van der Waals surface area contributed by atoms with Crippen molar-refractivity contribution in [1.82, 2.24) is 19.7 Å². The summed E-state index contributed by atoms with van der Waals surface area (Å²) >= 11 is 1.48. The summed E-state index contributed by atoms with van der Waals surface area (Å²) in [6, 6.07) is 0. The van der Waals surface area contributed by atoms with Gasteiger partial charge in [0.05, 0.1) is 12.1 Å². The molecule has 1 amide bonds. The SMILES string of the molecule is Cc1nc(-n2[nH]c(C)c(CC(=O)N3CCCCC3)c2=O)sc1C. The first kappa shape index (κ1) is 16.0. The summed E-state index contributed by atoms with van der Waals surface area (Å²) in [5.41, 5.74) is 2.05. The molecule has 0 aromatic carbocycles. The Bertz CT molecular complexity index is 761. The zero-order valence-electron chi connectivity index (χ0n) is 13.8. The number of H-pyrrole nitrogens is 1. The zero-order chi connectivity index (χ0) is 16.6. The lowest BCUT2D eigenvalue weighted by molar-refractivity contribution is -0.131. The minimum absolute atomic E-state index is 0.0440. The van der Waals surface area contributed by atoms with Crippen LogP contribution in [0.2, 0.25) is 0 Å². The normalized spacial score (nSPS) is 15.2. The van der Waals surface area contributed by atoms with Crippen molar-refractivity contribution in [1.29, 1.82) is 0 Å². The number of aromatic nitrogens is 3. The standard InChI is InChI=1S/C16H22N4O2S/c1-10-12(3)23-16(17-10)20-15(22)13(11(2)18-20)9-14(21)19-7-5-4-6-8-19/h18H,4-9H2,1-3H3. The summed E-state index contributed by atoms with van der Waals surface area (Å²) < 4.78 is 1.46. The maximum absolute atomic E-state index is 12.7. The number of amides is 1. The van der Waals surface area contributed by atoms with E-state index in [0.29, 0.717) is 10.7 Å². The molecule has 0 saturated carbocycles. The summed E-state index contributed by atoms with van der Waals surface area (Å²) in [7, 11) is 0. The molecule has 0 bridgehead atoms. The van der Waals surface area contributed by atoms with E-state index in [2.05, 4.69) is 10.1 Å². The average molecular weight is 334 g/mol. The molecule has 0 spiro atoms. The number of carbonyl (C=O) groups is 1. The highest BCUT2D eigenvalue weighted by molar-refractivity contribution is 7.14. The van der Waals surface area contributed by atoms with Crippen molar-refractivity contribution in [2.75, 3.05) is 13.1 Å². The van der Waals surface area contributed by atoms with Gasteiger partial charge in [-0.2, -0.15) is 4.68 Å². The van der Waals surface area contributed by atoms with E-state index < -0.39 is 0 Å². The summed E-state index contributed by atoms with van der Waals surface area (Å²) in [5.74, 6) is 0.0440. The van der Waals surface area contributed by atoms with Crippen LogP contribution in [0.1, 0.15) is 41.1 Å². The van der Waals surface area contributed by atoms with Crippen LogP contribution in [0, 0.1) is 20.8 Å². The predicted octanol–water partition coefficient (Wildman–Crippen LogP) is 2.10. The smallest absolute Gasteiger partial charge is 0.277 e. The van der Waals surface area contributed by atoms with Gasteiger partial charge in [0, 0.05) is 29.2 Å². The van der Waals surface area contributed by atoms with Crippen molar-refractivity contribution >= 4 is 17.2 Å². The van der Waals surface area contributed by atoms with Gasteiger partial charge in [0.25, 0.3) is 5.56 Å². The van der Waals surface area contributed by atoms with E-state index in [1.165, 1.54) is 22.4 Å². The van der Waals surface area contributed by atoms with Crippen molar-refractivity contribution in [2.24, 2.45) is 0 Å². The van der Waals surface area contributed by atoms with Gasteiger partial charge >= 0.3 is 0 Å². The first-order valence-corrected chi connectivity index (χ1v) is 8.81. The Hall–Kier alpha value is -1.89. The van der Waals surface area contributed by atoms with E-state index in [-0.39, 0.29) is 17.9 Å². The topological polar surface area (TPSA) is 71.0 Å². The Labute approximate surface area is 139 Å². The fourth-order valence-corrected chi connectivity index (χ4v) is 3.75. The lowest BCUT2D eigenvalue weighted by Crippen LogP contribution is -2.37. The van der Waals surface area contributed by atoms with Crippen molar-refractivity contribution in [3.63, 3.8) is 0 Å². The molecule has 1 aliphatic rings. The first-order valence-electron chi connectivity index (χ1n) is 8.00. The molecule has 23 heavy (non-hydrogen) atoms. The molecule has 6 nitrogen and oxygen atoms in total. The Morgan fingerprint density at radius 3 is 2.52 bits per heavy atom. The number of likely N-dealkylation sites (tertiary alicyclic amines) is 1. The van der Waals surface area contributed by atoms with Gasteiger partial charge in [-0.15, -0.1) is 0 Å². The van der Waals surface area contributed by atoms with Crippen LogP contribution in [0.4, 0.5) is 0 Å². The number of aromatic amines is 1. The molecule has 1 fully saturated rings. The number of carbonyl (C=O) groups excluding carboxylic acids is 1. The molecule has 3 heterocycles. The van der Waals surface area contributed by atoms with Crippen molar-refractivity contribution in [3.8, 4) is 5.13 Å². The van der Waals surface area contributed by atoms with E-state index in [1.54, 1.807) is 0 Å². The largest absolute Gasteiger partial charge is 0.342 e. The van der Waals surface area contributed by atoms with Crippen LogP contribution in [-0.4, -0.2) is 38.7 Å². The van der Waals surface area contributed by atoms with E-state index in [4.69, 9.17) is 0 Å². The fourth-order valence-electron chi connectivity index (χ4n) is 2.88. The first-order chi connectivity index (χ1) is 11.0. The number of aryl methyl sites for hydroxylation is 3. The van der Waals surface area contributed by atoms with Gasteiger partial charge in [0.15, 0.2) is 0 Å². The Kier molecular flexibility index (Phi) is 4.39. The lowest BCUT2D eigenvalue weighted by atomic mass is 10.1. The zero-order valence-corrected chi connectivity index (χ0v) is 14.6. The van der Waals surface area contributed by atoms with Gasteiger partial charge < -0.3 is 4.90 Å². The summed E-state index contributed by atoms with van der Waals surface area (Å²) in [6.07, 6.45) is 3.46. The highest BCUT2D eigenvalue weighted by Crippen LogP contribution is 2.19. The molecular formula is C16H22N4O2S. The molecule has 1 N–H and O–H groups in total. The molecule has 3 rings (SSSR count). The highest BCUT2D eigenvalue weighted by Gasteiger charge is 2.22. The van der Waals surface area contributed by atoms with Crippen LogP contribution < -0.4 is 5.56 Å². The van der Waals surface area contributed by atoms with Crippen molar-refractivity contribution in [2.45, 2.75) is 46.5 Å². The third-order valence-corrected chi connectivity index (χ3v) is 5.50. The fraction of sp³-hybridized carbons (Fsp3) is 0.562. The van der Waals surface area contributed by atoms with Gasteiger partial charge in [0.1, 0.15) is 0 Å². The monoisotopic (exact) mass is 334 g/mol. The number of nitrogens with zero attached hydrogens (tertiary/aromatic N) is 3. The van der Waals surface area contributed by atoms with Crippen LogP contribution in [-0.2, 0) is 11.2 Å². The summed E-state index contributed by atoms with van der Waals surface area (Å²) in [5, 5.41) is 3.69. The molecule has 124 valence electrons. The van der Waals surface area contributed by atoms with Crippen LogP contribution in [0.25, 0.3) is 5.13 Å². The number of hydrogen-bond donors (Lipinski definition) is 1. The van der Waals surface area contributed by atoms with E-state index in [9.17, 15) is 9.59 Å². The molecular weight excluding hydrogens is 312 g/mol. The number of nitrogens with one attached hydrogen (secondary N) is 1. The minimum atomic E-state index is -0.165. The molecule has 1 saturated heterocycles. The van der Waals surface area contributed by atoms with Crippen molar-refractivity contribution < 1.29 is 4.79 Å². The summed E-state index contributed by atoms with van der Waals surface area (Å²) in [6.45, 7) is 7.36. The predicted molar refractivity (Wildman–Crippen MR) is 90.4 cm³/mol. The lowest BCUT2D eigenvalue weighted by Gasteiger charge is -2.26. The molecule has 7 heteroatoms. The number of piperidine rings is 1. The second-order valence-corrected chi connectivity index (χ2v) is 7.29. The Morgan fingerprint density at radius 1 is 1.22 bits per heavy atom. The van der Waals surface area contributed by atoms with Crippen LogP contribution in [0.15, 0.2) is 4.79 Å². The van der Waals surface area contributed by atoms with E-state index in [0.717, 1.165) is 42.2 Å². The Balaban J connectivity index is 1.86. The maximum Gasteiger partial charge on any atom is 0.277 e. The number of thiazole rings is 1. The van der Waals surface area contributed by atoms with E-state index >= 15 is 0 Å². The van der Waals surface area contributed by atoms with E-state index in [1.807, 2.05) is 25.7 Å². The molecule has 0 radical (unpaired) electrons. The second-order valence-electron chi connectivity index (χ2n) is 6.11. The maximum atomic E-state index is 12.7. The van der Waals surface area contributed by atoms with Crippen LogP contribution in [0.5, 0.6) is 0 Å². The van der Waals surface area contributed by atoms with Gasteiger partial charge in [-0.1, -0.05) is 11.3 Å². The molecule has 1 aliphatic heterocycles. The molecule has 0 aliphatic carbocycles. The molecule has 0 unspecified atom stereocenters. The van der Waals surface area contributed by atoms with Gasteiger partial charge in [-0.25, -0.2) is 4.98 Å². The van der Waals surface area contributed by atoms with Gasteiger partial charge in [0.2, 0.25) is 11.0 Å². The van der Waals surface area contributed by atoms with Gasteiger partial charge in [-0.05, 0) is 40.0 Å². The third kappa shape index (κ3) is 3.10. The Morgan fingerprint density at radius 2 is 1.91 bits per heavy atom. The quantitative estimate of drug-likeness (QED) is 0.934. The minimum Gasteiger partial charge on any atom is -0.342 e. The third-order valence-electron chi connectivity index (χ3n) is 4.44. The van der Waals surface area contributed by atoms with Crippen LogP contribution in [0.3, 0.4) is 0 Å². The number of rotatable bonds is 3. The second kappa shape index (κ2) is 6.31. The number of hydrogen-bond acceptors (Lipinski definition) is 4. The average Bonchev–Trinajstić information content (AvgIpc) is 3.02. The molecule has 2 aromatic heterocycles. The van der Waals surface area contributed by atoms with Gasteiger partial charge in [-0.3, -0.25) is 14.7 Å². The summed E-state index contributed by atoms with van der Waals surface area (Å²) in [4.78, 5) is 32.5.